The van der Waals surface area contributed by atoms with Crippen LogP contribution in [0.3, 0.4) is 0 Å². The predicted molar refractivity (Wildman–Crippen MR) is 64.2 cm³/mol. The van der Waals surface area contributed by atoms with Crippen LogP contribution in [0.15, 0.2) is 24.3 Å². The van der Waals surface area contributed by atoms with Crippen molar-refractivity contribution in [3.63, 3.8) is 0 Å². The number of aryl methyl sites for hydroxylation is 1. The maximum Gasteiger partial charge on any atom is 0.202 e. The van der Waals surface area contributed by atoms with Gasteiger partial charge in [0.15, 0.2) is 0 Å². The molecule has 0 bridgehead atoms. The number of hydrogen-bond donors (Lipinski definition) is 3. The van der Waals surface area contributed by atoms with Gasteiger partial charge in [-0.15, -0.1) is 0 Å². The standard InChI is InChI=1S/C13H18O5/c1-8-4-2-3-5-10(8)17-12-6-9(15)13(16)11(7-14)18-12/h2-5,9,11-16H,6-7H2,1H3. The highest BCUT2D eigenvalue weighted by atomic mass is 16.7. The smallest absolute Gasteiger partial charge is 0.202 e. The monoisotopic (exact) mass is 254 g/mol. The van der Waals surface area contributed by atoms with Gasteiger partial charge in [0.05, 0.1) is 12.7 Å². The first-order chi connectivity index (χ1) is 8.61. The van der Waals surface area contributed by atoms with Crippen LogP contribution in [0, 0.1) is 6.92 Å². The van der Waals surface area contributed by atoms with E-state index in [9.17, 15) is 10.2 Å². The topological polar surface area (TPSA) is 79.2 Å². The van der Waals surface area contributed by atoms with Crippen LogP contribution in [-0.2, 0) is 4.74 Å². The third-order valence-corrected chi connectivity index (χ3v) is 3.07. The fourth-order valence-electron chi connectivity index (χ4n) is 1.97. The molecule has 100 valence electrons. The van der Waals surface area contributed by atoms with Gasteiger partial charge in [-0.25, -0.2) is 0 Å². The van der Waals surface area contributed by atoms with E-state index in [1.54, 1.807) is 0 Å². The molecule has 1 aromatic rings. The first kappa shape index (κ1) is 13.3. The molecule has 2 rings (SSSR count). The molecule has 0 amide bonds. The van der Waals surface area contributed by atoms with Gasteiger partial charge in [0.1, 0.15) is 18.0 Å². The van der Waals surface area contributed by atoms with E-state index in [1.807, 2.05) is 31.2 Å². The second-order valence-corrected chi connectivity index (χ2v) is 4.46. The molecule has 5 heteroatoms. The van der Waals surface area contributed by atoms with E-state index in [-0.39, 0.29) is 13.0 Å². The van der Waals surface area contributed by atoms with Crippen LogP contribution in [0.2, 0.25) is 0 Å². The molecule has 0 radical (unpaired) electrons. The molecule has 3 N–H and O–H groups in total. The summed E-state index contributed by atoms with van der Waals surface area (Å²) in [6.07, 6.45) is -3.34. The molecule has 0 saturated carbocycles. The summed E-state index contributed by atoms with van der Waals surface area (Å²) >= 11 is 0. The zero-order valence-electron chi connectivity index (χ0n) is 10.2. The van der Waals surface area contributed by atoms with Crippen LogP contribution >= 0.6 is 0 Å². The highest BCUT2D eigenvalue weighted by molar-refractivity contribution is 5.31. The summed E-state index contributed by atoms with van der Waals surface area (Å²) < 4.78 is 11.0. The van der Waals surface area contributed by atoms with Crippen LogP contribution in [-0.4, -0.2) is 46.5 Å². The highest BCUT2D eigenvalue weighted by Crippen LogP contribution is 2.25. The fraction of sp³-hybridized carbons (Fsp3) is 0.538. The van der Waals surface area contributed by atoms with Crippen molar-refractivity contribution in [1.29, 1.82) is 0 Å². The molecule has 1 aliphatic rings. The average Bonchev–Trinajstić information content (AvgIpc) is 2.36. The van der Waals surface area contributed by atoms with Crippen molar-refractivity contribution in [2.45, 2.75) is 37.9 Å². The molecule has 1 aromatic carbocycles. The van der Waals surface area contributed by atoms with Gasteiger partial charge in [0.25, 0.3) is 0 Å². The third-order valence-electron chi connectivity index (χ3n) is 3.07. The van der Waals surface area contributed by atoms with Gasteiger partial charge in [-0.3, -0.25) is 0 Å². The normalized spacial score (nSPS) is 32.2. The number of ether oxygens (including phenoxy) is 2. The van der Waals surface area contributed by atoms with E-state index in [0.717, 1.165) is 5.56 Å². The summed E-state index contributed by atoms with van der Waals surface area (Å²) in [6.45, 7) is 1.55. The van der Waals surface area contributed by atoms with Gasteiger partial charge >= 0.3 is 0 Å². The highest BCUT2D eigenvalue weighted by Gasteiger charge is 2.37. The summed E-state index contributed by atoms with van der Waals surface area (Å²) in [6, 6.07) is 7.47. The van der Waals surface area contributed by atoms with Crippen LogP contribution in [0.5, 0.6) is 5.75 Å². The SMILES string of the molecule is Cc1ccccc1OC1CC(O)C(O)C(CO)O1. The Bertz CT molecular complexity index is 395. The molecule has 4 atom stereocenters. The molecular formula is C13H18O5. The Hall–Kier alpha value is -1.14. The fourth-order valence-corrected chi connectivity index (χ4v) is 1.97. The zero-order valence-corrected chi connectivity index (χ0v) is 10.2. The second-order valence-electron chi connectivity index (χ2n) is 4.46. The summed E-state index contributed by atoms with van der Waals surface area (Å²) in [7, 11) is 0. The van der Waals surface area contributed by atoms with E-state index in [1.165, 1.54) is 0 Å². The molecular weight excluding hydrogens is 236 g/mol. The van der Waals surface area contributed by atoms with Crippen LogP contribution in [0.1, 0.15) is 12.0 Å². The molecule has 18 heavy (non-hydrogen) atoms. The largest absolute Gasteiger partial charge is 0.465 e. The van der Waals surface area contributed by atoms with Crippen molar-refractivity contribution in [3.8, 4) is 5.75 Å². The number of hydrogen-bond acceptors (Lipinski definition) is 5. The summed E-state index contributed by atoms with van der Waals surface area (Å²) in [5.74, 6) is 0.669. The van der Waals surface area contributed by atoms with E-state index < -0.39 is 24.6 Å². The van der Waals surface area contributed by atoms with Crippen molar-refractivity contribution < 1.29 is 24.8 Å². The predicted octanol–water partition coefficient (Wildman–Crippen LogP) is 0.203. The van der Waals surface area contributed by atoms with Gasteiger partial charge in [0, 0.05) is 6.42 Å². The number of rotatable bonds is 3. The van der Waals surface area contributed by atoms with E-state index in [0.29, 0.717) is 5.75 Å². The van der Waals surface area contributed by atoms with Crippen molar-refractivity contribution in [3.05, 3.63) is 29.8 Å². The molecule has 0 spiro atoms. The van der Waals surface area contributed by atoms with Crippen molar-refractivity contribution >= 4 is 0 Å². The molecule has 1 saturated heterocycles. The maximum atomic E-state index is 9.68. The minimum atomic E-state index is -1.08. The molecule has 1 aliphatic heterocycles. The van der Waals surface area contributed by atoms with E-state index >= 15 is 0 Å². The van der Waals surface area contributed by atoms with Crippen LogP contribution < -0.4 is 4.74 Å². The Morgan fingerprint density at radius 1 is 1.33 bits per heavy atom. The minimum Gasteiger partial charge on any atom is -0.465 e. The van der Waals surface area contributed by atoms with Gasteiger partial charge in [0.2, 0.25) is 6.29 Å². The zero-order chi connectivity index (χ0) is 13.1. The van der Waals surface area contributed by atoms with Crippen molar-refractivity contribution in [1.82, 2.24) is 0 Å². The minimum absolute atomic E-state index is 0.173. The third kappa shape index (κ3) is 2.81. The lowest BCUT2D eigenvalue weighted by atomic mass is 10.0. The quantitative estimate of drug-likeness (QED) is 0.718. The summed E-state index contributed by atoms with van der Waals surface area (Å²) in [5.41, 5.74) is 0.960. The number of benzene rings is 1. The molecule has 4 unspecified atom stereocenters. The Morgan fingerprint density at radius 3 is 2.72 bits per heavy atom. The summed E-state index contributed by atoms with van der Waals surface area (Å²) in [4.78, 5) is 0. The lowest BCUT2D eigenvalue weighted by molar-refractivity contribution is -0.230. The Kier molecular flexibility index (Phi) is 4.19. The Balaban J connectivity index is 2.04. The van der Waals surface area contributed by atoms with Crippen molar-refractivity contribution in [2.75, 3.05) is 6.61 Å². The lowest BCUT2D eigenvalue weighted by Crippen LogP contribution is -2.51. The van der Waals surface area contributed by atoms with Gasteiger partial charge in [-0.05, 0) is 18.6 Å². The number of aliphatic hydroxyl groups excluding tert-OH is 3. The molecule has 1 fully saturated rings. The average molecular weight is 254 g/mol. The second kappa shape index (κ2) is 5.67. The molecule has 5 nitrogen and oxygen atoms in total. The molecule has 0 aromatic heterocycles. The Morgan fingerprint density at radius 2 is 2.06 bits per heavy atom. The molecule has 0 aliphatic carbocycles. The van der Waals surface area contributed by atoms with E-state index in [4.69, 9.17) is 14.6 Å². The van der Waals surface area contributed by atoms with Crippen LogP contribution in [0.25, 0.3) is 0 Å². The van der Waals surface area contributed by atoms with Crippen LogP contribution in [0.4, 0.5) is 0 Å². The Labute approximate surface area is 106 Å². The number of para-hydroxylation sites is 1. The molecule has 1 heterocycles. The first-order valence-corrected chi connectivity index (χ1v) is 5.96. The first-order valence-electron chi connectivity index (χ1n) is 5.96. The van der Waals surface area contributed by atoms with E-state index in [2.05, 4.69) is 0 Å². The van der Waals surface area contributed by atoms with Gasteiger partial charge in [-0.1, -0.05) is 18.2 Å². The van der Waals surface area contributed by atoms with Crippen molar-refractivity contribution in [2.24, 2.45) is 0 Å². The van der Waals surface area contributed by atoms with Gasteiger partial charge < -0.3 is 24.8 Å². The summed E-state index contributed by atoms with van der Waals surface area (Å²) in [5, 5.41) is 28.3. The lowest BCUT2D eigenvalue weighted by Gasteiger charge is -2.36. The van der Waals surface area contributed by atoms with Gasteiger partial charge in [-0.2, -0.15) is 0 Å². The maximum absolute atomic E-state index is 9.68. The number of aliphatic hydroxyl groups is 3.